The number of carbonyl (C=O) groups is 1. The number of anilines is 1. The lowest BCUT2D eigenvalue weighted by Crippen LogP contribution is -2.56. The van der Waals surface area contributed by atoms with Crippen molar-refractivity contribution in [1.29, 1.82) is 0 Å². The van der Waals surface area contributed by atoms with Crippen LogP contribution in [0.25, 0.3) is 0 Å². The number of Topliss-reactive ketones (excluding diaryl/α,β-unsaturated/α-hetero) is 1. The molecule has 4 aliphatic carbocycles. The molecular formula is C31H43NO2. The fourth-order valence-electron chi connectivity index (χ4n) is 9.06. The Balaban J connectivity index is 1.31. The first-order valence-electron chi connectivity index (χ1n) is 13.6. The highest BCUT2D eigenvalue weighted by Crippen LogP contribution is 2.68. The molecule has 5 rings (SSSR count). The highest BCUT2D eigenvalue weighted by Gasteiger charge is 2.61. The molecule has 0 heterocycles. The minimum Gasteiger partial charge on any atom is -0.378 e. The SMILES string of the molecule is CC(=O)[C@H]1CCC2C3CC[C@@H]4C[C@@](O)(C#Cc5ccc(N(C)C)cc5)CC[C@]4(C)C3CC[C@@]21C. The fraction of sp³-hybridized carbons (Fsp3) is 0.710. The molecule has 0 spiro atoms. The number of ketones is 1. The van der Waals surface area contributed by atoms with E-state index in [9.17, 15) is 9.90 Å². The van der Waals surface area contributed by atoms with E-state index >= 15 is 0 Å². The minimum absolute atomic E-state index is 0.221. The predicted octanol–water partition coefficient (Wildman–Crippen LogP) is 6.08. The third-order valence-electron chi connectivity index (χ3n) is 11.0. The maximum Gasteiger partial charge on any atom is 0.133 e. The molecule has 34 heavy (non-hydrogen) atoms. The Labute approximate surface area is 206 Å². The van der Waals surface area contributed by atoms with Gasteiger partial charge in [0.15, 0.2) is 0 Å². The molecule has 184 valence electrons. The quantitative estimate of drug-likeness (QED) is 0.542. The zero-order valence-electron chi connectivity index (χ0n) is 21.9. The molecule has 4 fully saturated rings. The lowest BCUT2D eigenvalue weighted by molar-refractivity contribution is -0.144. The van der Waals surface area contributed by atoms with E-state index in [0.717, 1.165) is 48.8 Å². The standard InChI is InChI=1S/C31H43NO2/c1-21(33)26-12-13-27-25-11-8-23-20-31(34,17-14-22-6-9-24(10-7-22)32(4)5)19-18-29(23,2)28(25)15-16-30(26,27)3/h6-7,9-10,23,25-28,34H,8,11-13,15-16,18-20H2,1-5H3/t23-,25?,26-,27?,28?,29+,30-,31-/m1/s1. The van der Waals surface area contributed by atoms with Crippen LogP contribution in [0.4, 0.5) is 5.69 Å². The van der Waals surface area contributed by atoms with E-state index in [2.05, 4.69) is 54.9 Å². The van der Waals surface area contributed by atoms with Gasteiger partial charge in [0.25, 0.3) is 0 Å². The number of hydrogen-bond acceptors (Lipinski definition) is 3. The maximum atomic E-state index is 12.4. The van der Waals surface area contributed by atoms with Gasteiger partial charge in [-0.1, -0.05) is 25.7 Å². The lowest BCUT2D eigenvalue weighted by Gasteiger charge is -2.61. The van der Waals surface area contributed by atoms with E-state index in [1.54, 1.807) is 0 Å². The molecule has 4 saturated carbocycles. The van der Waals surface area contributed by atoms with Crippen LogP contribution < -0.4 is 4.90 Å². The van der Waals surface area contributed by atoms with Crippen LogP contribution in [0.3, 0.4) is 0 Å². The molecular weight excluding hydrogens is 418 g/mol. The first-order valence-corrected chi connectivity index (χ1v) is 13.6. The van der Waals surface area contributed by atoms with Crippen LogP contribution in [-0.4, -0.2) is 30.6 Å². The first kappa shape index (κ1) is 23.9. The van der Waals surface area contributed by atoms with Gasteiger partial charge in [-0.2, -0.15) is 0 Å². The normalized spacial score (nSPS) is 43.1. The third kappa shape index (κ3) is 3.81. The molecule has 0 saturated heterocycles. The second kappa shape index (κ2) is 8.41. The number of nitrogens with zero attached hydrogens (tertiary/aromatic N) is 1. The summed E-state index contributed by atoms with van der Waals surface area (Å²) in [5.74, 6) is 10.0. The van der Waals surface area contributed by atoms with Crippen molar-refractivity contribution in [1.82, 2.24) is 0 Å². The van der Waals surface area contributed by atoms with Gasteiger partial charge >= 0.3 is 0 Å². The van der Waals surface area contributed by atoms with Gasteiger partial charge < -0.3 is 10.0 Å². The number of hydrogen-bond donors (Lipinski definition) is 1. The van der Waals surface area contributed by atoms with E-state index in [0.29, 0.717) is 23.0 Å². The number of aliphatic hydroxyl groups is 1. The van der Waals surface area contributed by atoms with Crippen LogP contribution in [0.15, 0.2) is 24.3 Å². The molecule has 0 aromatic heterocycles. The maximum absolute atomic E-state index is 12.4. The lowest BCUT2D eigenvalue weighted by atomic mass is 9.44. The molecule has 3 nitrogen and oxygen atoms in total. The highest BCUT2D eigenvalue weighted by molar-refractivity contribution is 5.79. The second-order valence-electron chi connectivity index (χ2n) is 12.9. The number of fused-ring (bicyclic) bond motifs is 5. The van der Waals surface area contributed by atoms with Crippen molar-refractivity contribution in [2.45, 2.75) is 84.2 Å². The number of benzene rings is 1. The average molecular weight is 462 g/mol. The van der Waals surface area contributed by atoms with Crippen LogP contribution in [0.2, 0.25) is 0 Å². The Kier molecular flexibility index (Phi) is 5.92. The highest BCUT2D eigenvalue weighted by atomic mass is 16.3. The van der Waals surface area contributed by atoms with Gasteiger partial charge in [0.1, 0.15) is 11.4 Å². The molecule has 1 aromatic carbocycles. The number of carbonyl (C=O) groups excluding carboxylic acids is 1. The van der Waals surface area contributed by atoms with Crippen molar-refractivity contribution in [2.75, 3.05) is 19.0 Å². The van der Waals surface area contributed by atoms with E-state index in [-0.39, 0.29) is 11.3 Å². The molecule has 1 aromatic rings. The fourth-order valence-corrected chi connectivity index (χ4v) is 9.06. The van der Waals surface area contributed by atoms with Crippen LogP contribution in [0.5, 0.6) is 0 Å². The van der Waals surface area contributed by atoms with Gasteiger partial charge in [0, 0.05) is 31.3 Å². The molecule has 0 aliphatic heterocycles. The summed E-state index contributed by atoms with van der Waals surface area (Å²) in [4.78, 5) is 14.5. The topological polar surface area (TPSA) is 40.5 Å². The second-order valence-corrected chi connectivity index (χ2v) is 12.9. The Hall–Kier alpha value is -1.79. The Morgan fingerprint density at radius 3 is 2.32 bits per heavy atom. The largest absolute Gasteiger partial charge is 0.378 e. The summed E-state index contributed by atoms with van der Waals surface area (Å²) >= 11 is 0. The average Bonchev–Trinajstić information content (AvgIpc) is 3.16. The summed E-state index contributed by atoms with van der Waals surface area (Å²) in [5, 5.41) is 11.5. The van der Waals surface area contributed by atoms with Crippen molar-refractivity contribution >= 4 is 11.5 Å². The first-order chi connectivity index (χ1) is 16.1. The van der Waals surface area contributed by atoms with Gasteiger partial charge in [0.05, 0.1) is 0 Å². The van der Waals surface area contributed by atoms with Gasteiger partial charge in [-0.3, -0.25) is 4.79 Å². The summed E-state index contributed by atoms with van der Waals surface area (Å²) < 4.78 is 0. The molecule has 0 radical (unpaired) electrons. The predicted molar refractivity (Wildman–Crippen MR) is 138 cm³/mol. The van der Waals surface area contributed by atoms with Crippen LogP contribution >= 0.6 is 0 Å². The smallest absolute Gasteiger partial charge is 0.133 e. The van der Waals surface area contributed by atoms with Gasteiger partial charge in [-0.25, -0.2) is 0 Å². The molecule has 0 amide bonds. The molecule has 3 unspecified atom stereocenters. The number of rotatable bonds is 2. The summed E-state index contributed by atoms with van der Waals surface area (Å²) in [6, 6.07) is 8.28. The van der Waals surface area contributed by atoms with Gasteiger partial charge in [-0.15, -0.1) is 0 Å². The van der Waals surface area contributed by atoms with Crippen LogP contribution in [0, 0.1) is 52.3 Å². The summed E-state index contributed by atoms with van der Waals surface area (Å²) in [7, 11) is 4.08. The van der Waals surface area contributed by atoms with E-state index in [1.165, 1.54) is 32.1 Å². The zero-order chi connectivity index (χ0) is 24.3. The Morgan fingerprint density at radius 2 is 1.65 bits per heavy atom. The molecule has 4 aliphatic rings. The summed E-state index contributed by atoms with van der Waals surface area (Å²) in [6.07, 6.45) is 9.95. The molecule has 3 heteroatoms. The summed E-state index contributed by atoms with van der Waals surface area (Å²) in [6.45, 7) is 6.78. The van der Waals surface area contributed by atoms with Crippen molar-refractivity contribution in [3.63, 3.8) is 0 Å². The molecule has 0 bridgehead atoms. The van der Waals surface area contributed by atoms with E-state index in [4.69, 9.17) is 0 Å². The van der Waals surface area contributed by atoms with Crippen LogP contribution in [-0.2, 0) is 4.79 Å². The van der Waals surface area contributed by atoms with Crippen molar-refractivity contribution in [3.05, 3.63) is 29.8 Å². The minimum atomic E-state index is -0.868. The monoisotopic (exact) mass is 461 g/mol. The summed E-state index contributed by atoms with van der Waals surface area (Å²) in [5.41, 5.74) is 1.80. The van der Waals surface area contributed by atoms with Gasteiger partial charge in [0.2, 0.25) is 0 Å². The molecule has 1 N–H and O–H groups in total. The zero-order valence-corrected chi connectivity index (χ0v) is 21.9. The van der Waals surface area contributed by atoms with Crippen molar-refractivity contribution < 1.29 is 9.90 Å². The third-order valence-corrected chi connectivity index (χ3v) is 11.0. The van der Waals surface area contributed by atoms with E-state index in [1.807, 2.05) is 21.0 Å². The Morgan fingerprint density at radius 1 is 0.941 bits per heavy atom. The van der Waals surface area contributed by atoms with Crippen molar-refractivity contribution in [2.24, 2.45) is 40.4 Å². The van der Waals surface area contributed by atoms with Gasteiger partial charge in [-0.05, 0) is 123 Å². The Bertz CT molecular complexity index is 1000. The van der Waals surface area contributed by atoms with Crippen molar-refractivity contribution in [3.8, 4) is 11.8 Å². The van der Waals surface area contributed by atoms with E-state index < -0.39 is 5.60 Å². The van der Waals surface area contributed by atoms with Crippen LogP contribution in [0.1, 0.15) is 84.1 Å². The molecule has 8 atom stereocenters.